The molecule has 25 heavy (non-hydrogen) atoms. The topological polar surface area (TPSA) is 79.8 Å². The van der Waals surface area contributed by atoms with E-state index in [1.54, 1.807) is 38.3 Å². The molecular formula is C18H18FN3O3. The van der Waals surface area contributed by atoms with E-state index in [0.29, 0.717) is 22.7 Å². The monoisotopic (exact) mass is 343 g/mol. The van der Waals surface area contributed by atoms with Gasteiger partial charge in [-0.1, -0.05) is 0 Å². The number of hydrogen-bond acceptors (Lipinski definition) is 4. The molecule has 0 fully saturated rings. The molecule has 2 aromatic carbocycles. The summed E-state index contributed by atoms with van der Waals surface area (Å²) < 4.78 is 17.8. The fourth-order valence-corrected chi connectivity index (χ4v) is 1.96. The Morgan fingerprint density at radius 2 is 1.72 bits per heavy atom. The van der Waals surface area contributed by atoms with Crippen molar-refractivity contribution in [3.63, 3.8) is 0 Å². The van der Waals surface area contributed by atoms with Crippen LogP contribution in [0, 0.1) is 5.82 Å². The van der Waals surface area contributed by atoms with E-state index >= 15 is 0 Å². The highest BCUT2D eigenvalue weighted by atomic mass is 19.1. The number of carbonyl (C=O) groups is 2. The van der Waals surface area contributed by atoms with Crippen molar-refractivity contribution >= 4 is 23.2 Å². The van der Waals surface area contributed by atoms with Crippen LogP contribution < -0.4 is 15.5 Å². The molecule has 0 bridgehead atoms. The van der Waals surface area contributed by atoms with Crippen molar-refractivity contribution in [2.45, 2.75) is 13.3 Å². The largest absolute Gasteiger partial charge is 0.497 e. The third-order valence-corrected chi connectivity index (χ3v) is 3.24. The van der Waals surface area contributed by atoms with Crippen LogP contribution >= 0.6 is 0 Å². The van der Waals surface area contributed by atoms with E-state index in [4.69, 9.17) is 4.74 Å². The van der Waals surface area contributed by atoms with Gasteiger partial charge in [-0.15, -0.1) is 0 Å². The van der Waals surface area contributed by atoms with Crippen molar-refractivity contribution in [2.24, 2.45) is 5.10 Å². The molecule has 0 saturated heterocycles. The standard InChI is InChI=1S/C18H18FN3O3/c1-12(11-17(23)20-15-7-5-14(19)6-8-15)21-22-18(24)13-3-9-16(25-2)10-4-13/h3-10H,11H2,1-2H3,(H,20,23)(H,22,24)/b21-12+. The van der Waals surface area contributed by atoms with Crippen molar-refractivity contribution in [1.29, 1.82) is 0 Å². The van der Waals surface area contributed by atoms with E-state index in [-0.39, 0.29) is 24.1 Å². The second kappa shape index (κ2) is 8.58. The molecule has 2 amide bonds. The number of benzene rings is 2. The first-order chi connectivity index (χ1) is 12.0. The molecule has 130 valence electrons. The van der Waals surface area contributed by atoms with E-state index in [9.17, 15) is 14.0 Å². The lowest BCUT2D eigenvalue weighted by molar-refractivity contribution is -0.115. The van der Waals surface area contributed by atoms with Crippen LogP contribution in [0.3, 0.4) is 0 Å². The molecule has 0 spiro atoms. The van der Waals surface area contributed by atoms with Gasteiger partial charge in [0.05, 0.1) is 13.5 Å². The Morgan fingerprint density at radius 3 is 2.32 bits per heavy atom. The lowest BCUT2D eigenvalue weighted by atomic mass is 10.2. The number of nitrogens with one attached hydrogen (secondary N) is 2. The summed E-state index contributed by atoms with van der Waals surface area (Å²) in [5.74, 6) is -0.432. The van der Waals surface area contributed by atoms with Crippen LogP contribution in [0.15, 0.2) is 53.6 Å². The Bertz CT molecular complexity index is 771. The zero-order valence-electron chi connectivity index (χ0n) is 13.9. The Hall–Kier alpha value is -3.22. The minimum absolute atomic E-state index is 0.000267. The molecule has 2 aromatic rings. The molecule has 0 atom stereocenters. The lowest BCUT2D eigenvalue weighted by Gasteiger charge is -2.06. The van der Waals surface area contributed by atoms with Gasteiger partial charge in [-0.3, -0.25) is 9.59 Å². The first-order valence-corrected chi connectivity index (χ1v) is 7.51. The van der Waals surface area contributed by atoms with Crippen molar-refractivity contribution in [3.8, 4) is 5.75 Å². The Labute approximate surface area is 144 Å². The third kappa shape index (κ3) is 5.72. The average Bonchev–Trinajstić information content (AvgIpc) is 2.61. The number of anilines is 1. The zero-order chi connectivity index (χ0) is 18.2. The maximum absolute atomic E-state index is 12.8. The van der Waals surface area contributed by atoms with Crippen molar-refractivity contribution in [1.82, 2.24) is 5.43 Å². The zero-order valence-corrected chi connectivity index (χ0v) is 13.9. The number of halogens is 1. The summed E-state index contributed by atoms with van der Waals surface area (Å²) in [5.41, 5.74) is 3.74. The van der Waals surface area contributed by atoms with Crippen molar-refractivity contribution < 1.29 is 18.7 Å². The highest BCUT2D eigenvalue weighted by molar-refractivity contribution is 6.06. The molecule has 2 N–H and O–H groups in total. The van der Waals surface area contributed by atoms with Gasteiger partial charge in [0, 0.05) is 17.0 Å². The molecule has 0 aliphatic rings. The number of nitrogens with zero attached hydrogens (tertiary/aromatic N) is 1. The van der Waals surface area contributed by atoms with Gasteiger partial charge in [-0.05, 0) is 55.5 Å². The predicted octanol–water partition coefficient (Wildman–Crippen LogP) is 2.97. The SMILES string of the molecule is COc1ccc(C(=O)N/N=C(\C)CC(=O)Nc2ccc(F)cc2)cc1. The normalized spacial score (nSPS) is 10.9. The minimum Gasteiger partial charge on any atom is -0.497 e. The van der Waals surface area contributed by atoms with E-state index in [0.717, 1.165) is 0 Å². The van der Waals surface area contributed by atoms with Crippen molar-refractivity contribution in [3.05, 3.63) is 59.9 Å². The second-order valence-corrected chi connectivity index (χ2v) is 5.25. The second-order valence-electron chi connectivity index (χ2n) is 5.25. The maximum Gasteiger partial charge on any atom is 0.271 e. The lowest BCUT2D eigenvalue weighted by Crippen LogP contribution is -2.21. The summed E-state index contributed by atoms with van der Waals surface area (Å²) in [6.07, 6.45) is 0.000267. The van der Waals surface area contributed by atoms with Crippen LogP contribution in [-0.2, 0) is 4.79 Å². The van der Waals surface area contributed by atoms with E-state index in [1.807, 2.05) is 0 Å². The van der Waals surface area contributed by atoms with Gasteiger partial charge in [0.15, 0.2) is 0 Å². The molecular weight excluding hydrogens is 325 g/mol. The van der Waals surface area contributed by atoms with Gasteiger partial charge >= 0.3 is 0 Å². The molecule has 6 nitrogen and oxygen atoms in total. The molecule has 0 aliphatic carbocycles. The third-order valence-electron chi connectivity index (χ3n) is 3.24. The number of ether oxygens (including phenoxy) is 1. The summed E-state index contributed by atoms with van der Waals surface area (Å²) in [6.45, 7) is 1.62. The quantitative estimate of drug-likeness (QED) is 0.625. The number of methoxy groups -OCH3 is 1. The van der Waals surface area contributed by atoms with Crippen LogP contribution in [-0.4, -0.2) is 24.6 Å². The molecule has 7 heteroatoms. The fraction of sp³-hybridized carbons (Fsp3) is 0.167. The molecule has 0 radical (unpaired) electrons. The summed E-state index contributed by atoms with van der Waals surface area (Å²) in [4.78, 5) is 23.8. The van der Waals surface area contributed by atoms with Crippen LogP contribution in [0.4, 0.5) is 10.1 Å². The van der Waals surface area contributed by atoms with Crippen LogP contribution in [0.25, 0.3) is 0 Å². The van der Waals surface area contributed by atoms with Crippen LogP contribution in [0.1, 0.15) is 23.7 Å². The van der Waals surface area contributed by atoms with Gasteiger partial charge in [0.25, 0.3) is 5.91 Å². The Balaban J connectivity index is 1.86. The smallest absolute Gasteiger partial charge is 0.271 e. The highest BCUT2D eigenvalue weighted by Gasteiger charge is 2.07. The van der Waals surface area contributed by atoms with Crippen LogP contribution in [0.5, 0.6) is 5.75 Å². The molecule has 0 aliphatic heterocycles. The Morgan fingerprint density at radius 1 is 1.08 bits per heavy atom. The van der Waals surface area contributed by atoms with Gasteiger partial charge < -0.3 is 10.1 Å². The van der Waals surface area contributed by atoms with Gasteiger partial charge in [0.1, 0.15) is 11.6 Å². The Kier molecular flexibility index (Phi) is 6.22. The number of carbonyl (C=O) groups excluding carboxylic acids is 2. The maximum atomic E-state index is 12.8. The van der Waals surface area contributed by atoms with Crippen molar-refractivity contribution in [2.75, 3.05) is 12.4 Å². The van der Waals surface area contributed by atoms with E-state index < -0.39 is 0 Å². The fourth-order valence-electron chi connectivity index (χ4n) is 1.96. The van der Waals surface area contributed by atoms with Gasteiger partial charge in [-0.25, -0.2) is 9.82 Å². The molecule has 2 rings (SSSR count). The summed E-state index contributed by atoms with van der Waals surface area (Å²) >= 11 is 0. The highest BCUT2D eigenvalue weighted by Crippen LogP contribution is 2.11. The summed E-state index contributed by atoms with van der Waals surface area (Å²) in [5, 5.41) is 6.52. The minimum atomic E-state index is -0.388. The van der Waals surface area contributed by atoms with E-state index in [1.165, 1.54) is 24.3 Å². The predicted molar refractivity (Wildman–Crippen MR) is 93.2 cm³/mol. The number of hydrazone groups is 1. The molecule has 0 unspecified atom stereocenters. The summed E-state index contributed by atoms with van der Waals surface area (Å²) in [6, 6.07) is 12.0. The summed E-state index contributed by atoms with van der Waals surface area (Å²) in [7, 11) is 1.54. The molecule has 0 heterocycles. The number of hydrogen-bond donors (Lipinski definition) is 2. The molecule has 0 aromatic heterocycles. The van der Waals surface area contributed by atoms with Crippen LogP contribution in [0.2, 0.25) is 0 Å². The number of amides is 2. The van der Waals surface area contributed by atoms with E-state index in [2.05, 4.69) is 15.8 Å². The average molecular weight is 343 g/mol. The molecule has 0 saturated carbocycles. The van der Waals surface area contributed by atoms with Gasteiger partial charge in [-0.2, -0.15) is 5.10 Å². The number of rotatable bonds is 6. The first-order valence-electron chi connectivity index (χ1n) is 7.51. The van der Waals surface area contributed by atoms with Gasteiger partial charge in [0.2, 0.25) is 5.91 Å². The first kappa shape index (κ1) is 18.1.